The van der Waals surface area contributed by atoms with E-state index < -0.39 is 41.0 Å². The Morgan fingerprint density at radius 2 is 1.74 bits per heavy atom. The van der Waals surface area contributed by atoms with E-state index in [0.717, 1.165) is 25.9 Å². The second-order valence-corrected chi connectivity index (χ2v) is 11.8. The van der Waals surface area contributed by atoms with Gasteiger partial charge in [-0.1, -0.05) is 19.3 Å². The van der Waals surface area contributed by atoms with Gasteiger partial charge in [-0.05, 0) is 47.5 Å². The SMILES string of the molecule is CC(C)(C)C(=O)OCOC(=O)[C@@H]1N2C(=O)C(N=CN3CCCCCCC3)[C@H]2SC1(C)C. The molecule has 3 aliphatic rings. The molecule has 3 atom stereocenters. The molecule has 8 nitrogen and oxygen atoms in total. The van der Waals surface area contributed by atoms with E-state index in [-0.39, 0.29) is 11.3 Å². The molecular formula is C22H35N3O5S. The monoisotopic (exact) mass is 453 g/mol. The van der Waals surface area contributed by atoms with Crippen LogP contribution in [0.1, 0.15) is 66.7 Å². The fraction of sp³-hybridized carbons (Fsp3) is 0.818. The van der Waals surface area contributed by atoms with Crippen molar-refractivity contribution in [2.75, 3.05) is 19.9 Å². The van der Waals surface area contributed by atoms with Crippen molar-refractivity contribution in [1.29, 1.82) is 0 Å². The lowest BCUT2D eigenvalue weighted by Gasteiger charge is -2.42. The third kappa shape index (κ3) is 5.35. The first-order chi connectivity index (χ1) is 14.5. The first-order valence-electron chi connectivity index (χ1n) is 11.1. The van der Waals surface area contributed by atoms with Gasteiger partial charge < -0.3 is 19.3 Å². The minimum Gasteiger partial charge on any atom is -0.427 e. The van der Waals surface area contributed by atoms with Crippen molar-refractivity contribution in [3.8, 4) is 0 Å². The normalized spacial score (nSPS) is 28.5. The molecule has 3 rings (SSSR count). The Morgan fingerprint density at radius 1 is 1.13 bits per heavy atom. The average Bonchev–Trinajstić information content (AvgIpc) is 2.90. The number of esters is 2. The van der Waals surface area contributed by atoms with Crippen molar-refractivity contribution in [3.05, 3.63) is 0 Å². The van der Waals surface area contributed by atoms with Crippen molar-refractivity contribution in [1.82, 2.24) is 9.80 Å². The highest BCUT2D eigenvalue weighted by Gasteiger charge is 2.64. The summed E-state index contributed by atoms with van der Waals surface area (Å²) in [6, 6.07) is -1.19. The summed E-state index contributed by atoms with van der Waals surface area (Å²) in [5.74, 6) is -1.15. The van der Waals surface area contributed by atoms with Crippen molar-refractivity contribution in [2.45, 2.75) is 88.9 Å². The Morgan fingerprint density at radius 3 is 2.35 bits per heavy atom. The minimum absolute atomic E-state index is 0.153. The zero-order valence-electron chi connectivity index (χ0n) is 19.3. The van der Waals surface area contributed by atoms with Crippen LogP contribution >= 0.6 is 11.8 Å². The number of rotatable bonds is 5. The highest BCUT2D eigenvalue weighted by atomic mass is 32.2. The highest BCUT2D eigenvalue weighted by Crippen LogP contribution is 2.51. The van der Waals surface area contributed by atoms with Crippen LogP contribution in [-0.2, 0) is 23.9 Å². The van der Waals surface area contributed by atoms with E-state index in [9.17, 15) is 14.4 Å². The molecule has 0 radical (unpaired) electrons. The number of carbonyl (C=O) groups excluding carboxylic acids is 3. The average molecular weight is 454 g/mol. The van der Waals surface area contributed by atoms with Gasteiger partial charge in [-0.25, -0.2) is 4.79 Å². The number of ether oxygens (including phenoxy) is 2. The third-order valence-corrected chi connectivity index (χ3v) is 7.48. The molecule has 1 unspecified atom stereocenters. The number of carbonyl (C=O) groups is 3. The number of hydrogen-bond acceptors (Lipinski definition) is 7. The lowest BCUT2D eigenvalue weighted by atomic mass is 9.96. The molecule has 0 spiro atoms. The van der Waals surface area contributed by atoms with Crippen molar-refractivity contribution < 1.29 is 23.9 Å². The molecule has 1 amide bonds. The molecule has 0 N–H and O–H groups in total. The summed E-state index contributed by atoms with van der Waals surface area (Å²) >= 11 is 1.57. The molecule has 3 saturated heterocycles. The van der Waals surface area contributed by atoms with Gasteiger partial charge in [0.25, 0.3) is 5.91 Å². The minimum atomic E-state index is -0.725. The molecule has 0 saturated carbocycles. The van der Waals surface area contributed by atoms with Crippen LogP contribution in [-0.4, -0.2) is 76.1 Å². The third-order valence-electron chi connectivity index (χ3n) is 5.92. The number of likely N-dealkylation sites (tertiary alicyclic amines) is 1. The van der Waals surface area contributed by atoms with E-state index in [1.54, 1.807) is 37.4 Å². The van der Waals surface area contributed by atoms with Gasteiger partial charge in [0.15, 0.2) is 6.04 Å². The second-order valence-electron chi connectivity index (χ2n) is 10.0. The summed E-state index contributed by atoms with van der Waals surface area (Å²) in [7, 11) is 0. The maximum absolute atomic E-state index is 12.8. The summed E-state index contributed by atoms with van der Waals surface area (Å²) in [4.78, 5) is 45.8. The van der Waals surface area contributed by atoms with Crippen LogP contribution in [0.25, 0.3) is 0 Å². The van der Waals surface area contributed by atoms with Crippen LogP contribution in [0.5, 0.6) is 0 Å². The van der Waals surface area contributed by atoms with Gasteiger partial charge in [0.2, 0.25) is 6.79 Å². The number of β-lactam (4-membered cyclic amide) rings is 1. The molecule has 3 aliphatic heterocycles. The van der Waals surface area contributed by atoms with Gasteiger partial charge in [-0.3, -0.25) is 14.6 Å². The molecular weight excluding hydrogens is 418 g/mol. The molecule has 0 bridgehead atoms. The number of aliphatic imine (C=N–C) groups is 1. The van der Waals surface area contributed by atoms with E-state index in [1.165, 1.54) is 19.3 Å². The summed E-state index contributed by atoms with van der Waals surface area (Å²) < 4.78 is 9.73. The highest BCUT2D eigenvalue weighted by molar-refractivity contribution is 8.01. The van der Waals surface area contributed by atoms with Crippen LogP contribution in [0.15, 0.2) is 4.99 Å². The Hall–Kier alpha value is -1.77. The van der Waals surface area contributed by atoms with Gasteiger partial charge in [0, 0.05) is 17.8 Å². The zero-order valence-corrected chi connectivity index (χ0v) is 20.1. The topological polar surface area (TPSA) is 88.5 Å². The van der Waals surface area contributed by atoms with E-state index >= 15 is 0 Å². The Bertz CT molecular complexity index is 725. The molecule has 0 aromatic heterocycles. The number of nitrogens with zero attached hydrogens (tertiary/aromatic N) is 3. The molecule has 31 heavy (non-hydrogen) atoms. The summed E-state index contributed by atoms with van der Waals surface area (Å²) in [5.41, 5.74) is -0.675. The van der Waals surface area contributed by atoms with Gasteiger partial charge in [0.1, 0.15) is 11.4 Å². The largest absolute Gasteiger partial charge is 0.427 e. The molecule has 0 aromatic rings. The van der Waals surface area contributed by atoms with Crippen LogP contribution in [0.2, 0.25) is 0 Å². The van der Waals surface area contributed by atoms with Gasteiger partial charge >= 0.3 is 11.9 Å². The quantitative estimate of drug-likeness (QED) is 0.208. The van der Waals surface area contributed by atoms with E-state index in [4.69, 9.17) is 9.47 Å². The summed E-state index contributed by atoms with van der Waals surface area (Å²) in [6.07, 6.45) is 7.90. The lowest BCUT2D eigenvalue weighted by molar-refractivity contribution is -0.179. The first-order valence-corrected chi connectivity index (χ1v) is 12.0. The Labute approximate surface area is 189 Å². The number of thioether (sulfide) groups is 1. The summed E-state index contributed by atoms with van der Waals surface area (Å²) in [6.45, 7) is 10.5. The van der Waals surface area contributed by atoms with E-state index in [0.29, 0.717) is 0 Å². The second kappa shape index (κ2) is 9.38. The predicted molar refractivity (Wildman–Crippen MR) is 120 cm³/mol. The van der Waals surface area contributed by atoms with Crippen LogP contribution in [0.4, 0.5) is 0 Å². The Balaban J connectivity index is 1.58. The first kappa shape index (κ1) is 23.9. The number of hydrogen-bond donors (Lipinski definition) is 0. The molecule has 174 valence electrons. The lowest BCUT2D eigenvalue weighted by Crippen LogP contribution is -2.65. The molecule has 3 heterocycles. The number of amides is 1. The smallest absolute Gasteiger partial charge is 0.333 e. The van der Waals surface area contributed by atoms with Crippen molar-refractivity contribution >= 4 is 35.9 Å². The molecule has 0 aliphatic carbocycles. The van der Waals surface area contributed by atoms with Crippen molar-refractivity contribution in [3.63, 3.8) is 0 Å². The van der Waals surface area contributed by atoms with Crippen LogP contribution < -0.4 is 0 Å². The number of fused-ring (bicyclic) bond motifs is 1. The van der Waals surface area contributed by atoms with Crippen LogP contribution in [0.3, 0.4) is 0 Å². The molecule has 3 fully saturated rings. The van der Waals surface area contributed by atoms with Gasteiger partial charge in [0.05, 0.1) is 11.8 Å². The maximum Gasteiger partial charge on any atom is 0.333 e. The Kier molecular flexibility index (Phi) is 7.23. The predicted octanol–water partition coefficient (Wildman–Crippen LogP) is 2.80. The van der Waals surface area contributed by atoms with E-state index in [2.05, 4.69) is 9.89 Å². The summed E-state index contributed by atoms with van der Waals surface area (Å²) in [5, 5.41) is -0.178. The van der Waals surface area contributed by atoms with Crippen molar-refractivity contribution in [2.24, 2.45) is 10.4 Å². The fourth-order valence-electron chi connectivity index (χ4n) is 4.10. The maximum atomic E-state index is 12.8. The van der Waals surface area contributed by atoms with E-state index in [1.807, 2.05) is 20.2 Å². The fourth-order valence-corrected chi connectivity index (χ4v) is 5.72. The van der Waals surface area contributed by atoms with Gasteiger partial charge in [-0.2, -0.15) is 0 Å². The van der Waals surface area contributed by atoms with Crippen LogP contribution in [0, 0.1) is 5.41 Å². The molecule has 0 aromatic carbocycles. The standard InChI is InChI=1S/C22H35N3O5S/c1-21(2,3)20(28)30-14-29-19(27)16-22(4,5)31-18-15(17(26)25(16)18)23-13-24-11-9-7-6-8-10-12-24/h13,15-16,18H,6-12,14H2,1-5H3/t15?,16-,18+/m0/s1. The zero-order chi connectivity index (χ0) is 22.8. The molecule has 9 heteroatoms. The van der Waals surface area contributed by atoms with Gasteiger partial charge in [-0.15, -0.1) is 11.8 Å².